The van der Waals surface area contributed by atoms with Crippen LogP contribution in [0, 0.1) is 5.41 Å². The van der Waals surface area contributed by atoms with Gasteiger partial charge < -0.3 is 21.3 Å². The molecule has 0 aliphatic heterocycles. The number of rotatable bonds is 12. The highest BCUT2D eigenvalue weighted by Gasteiger charge is 2.28. The fourth-order valence-electron chi connectivity index (χ4n) is 1.86. The Labute approximate surface area is 175 Å². The Morgan fingerprint density at radius 2 is 1.21 bits per heavy atom. The van der Waals surface area contributed by atoms with E-state index in [2.05, 4.69) is 21.3 Å². The van der Waals surface area contributed by atoms with E-state index >= 15 is 0 Å². The molecule has 0 aromatic heterocycles. The lowest BCUT2D eigenvalue weighted by atomic mass is 9.95. The fraction of sp³-hybridized carbons (Fsp3) is 0.778. The number of amides is 4. The van der Waals surface area contributed by atoms with Crippen LogP contribution >= 0.6 is 21.6 Å². The lowest BCUT2D eigenvalue weighted by Crippen LogP contribution is -2.51. The van der Waals surface area contributed by atoms with Gasteiger partial charge in [-0.15, -0.1) is 0 Å². The van der Waals surface area contributed by atoms with Crippen molar-refractivity contribution in [2.24, 2.45) is 5.41 Å². The Balaban J connectivity index is 4.77. The van der Waals surface area contributed by atoms with E-state index < -0.39 is 17.5 Å². The average molecular weight is 435 g/mol. The standard InChI is InChI=1S/C18H34N4O4S2/c1-7-14(23)21-12(15(24)19-8-2)10-27-28-11-13(16(25)20-9-3)22-17(26)18(4,5)6/h12-13H,7-11H2,1-6H3,(H,19,24)(H,20,25)(H,21,23)(H,22,26). The summed E-state index contributed by atoms with van der Waals surface area (Å²) in [6.07, 6.45) is 0.297. The maximum atomic E-state index is 12.2. The normalized spacial score (nSPS) is 13.2. The minimum Gasteiger partial charge on any atom is -0.355 e. The van der Waals surface area contributed by atoms with Crippen molar-refractivity contribution in [3.63, 3.8) is 0 Å². The molecule has 0 aliphatic rings. The van der Waals surface area contributed by atoms with Crippen LogP contribution in [0.2, 0.25) is 0 Å². The van der Waals surface area contributed by atoms with Crippen molar-refractivity contribution in [1.29, 1.82) is 0 Å². The molecular weight excluding hydrogens is 400 g/mol. The second-order valence-electron chi connectivity index (χ2n) is 7.11. The first-order valence-corrected chi connectivity index (χ1v) is 12.0. The van der Waals surface area contributed by atoms with Crippen LogP contribution in [0.5, 0.6) is 0 Å². The summed E-state index contributed by atoms with van der Waals surface area (Å²) < 4.78 is 0. The molecule has 0 rings (SSSR count). The van der Waals surface area contributed by atoms with Gasteiger partial charge in [-0.2, -0.15) is 0 Å². The SMILES string of the molecule is CCNC(=O)C(CSSCC(NC(=O)C(C)(C)C)C(=O)NCC)NC(=O)CC. The highest BCUT2D eigenvalue weighted by molar-refractivity contribution is 8.76. The molecule has 0 aromatic carbocycles. The highest BCUT2D eigenvalue weighted by atomic mass is 33.1. The van der Waals surface area contributed by atoms with Crippen molar-refractivity contribution in [2.75, 3.05) is 24.6 Å². The lowest BCUT2D eigenvalue weighted by molar-refractivity contribution is -0.133. The number of nitrogens with one attached hydrogen (secondary N) is 4. The van der Waals surface area contributed by atoms with Crippen LogP contribution in [0.4, 0.5) is 0 Å². The second-order valence-corrected chi connectivity index (χ2v) is 9.66. The molecule has 0 aromatic rings. The van der Waals surface area contributed by atoms with Gasteiger partial charge in [0.25, 0.3) is 0 Å². The molecule has 0 saturated heterocycles. The fourth-order valence-corrected chi connectivity index (χ4v) is 4.19. The Bertz CT molecular complexity index is 538. The minimum atomic E-state index is -0.669. The average Bonchev–Trinajstić information content (AvgIpc) is 2.62. The number of hydrogen-bond acceptors (Lipinski definition) is 6. The second kappa shape index (κ2) is 13.7. The number of carbonyl (C=O) groups excluding carboxylic acids is 4. The number of hydrogen-bond donors (Lipinski definition) is 4. The van der Waals surface area contributed by atoms with E-state index in [1.807, 2.05) is 13.8 Å². The first-order chi connectivity index (χ1) is 13.1. The van der Waals surface area contributed by atoms with E-state index in [0.717, 1.165) is 0 Å². The molecule has 2 atom stereocenters. The van der Waals surface area contributed by atoms with Crippen LogP contribution in [0.3, 0.4) is 0 Å². The van der Waals surface area contributed by atoms with Gasteiger partial charge in [0.1, 0.15) is 12.1 Å². The summed E-state index contributed by atoms with van der Waals surface area (Å²) in [5, 5.41) is 10.9. The molecule has 4 N–H and O–H groups in total. The third kappa shape index (κ3) is 10.8. The van der Waals surface area contributed by atoms with Gasteiger partial charge in [0.2, 0.25) is 23.6 Å². The van der Waals surface area contributed by atoms with Crippen LogP contribution in [0.15, 0.2) is 0 Å². The molecule has 0 aliphatic carbocycles. The van der Waals surface area contributed by atoms with Gasteiger partial charge in [0.15, 0.2) is 0 Å². The summed E-state index contributed by atoms with van der Waals surface area (Å²) in [5.74, 6) is -0.171. The van der Waals surface area contributed by atoms with Gasteiger partial charge in [-0.25, -0.2) is 0 Å². The largest absolute Gasteiger partial charge is 0.355 e. The van der Waals surface area contributed by atoms with E-state index in [0.29, 0.717) is 31.0 Å². The van der Waals surface area contributed by atoms with Crippen LogP contribution < -0.4 is 21.3 Å². The quantitative estimate of drug-likeness (QED) is 0.270. The first-order valence-electron chi connectivity index (χ1n) is 9.46. The molecule has 162 valence electrons. The first kappa shape index (κ1) is 26.6. The zero-order chi connectivity index (χ0) is 21.7. The predicted molar refractivity (Wildman–Crippen MR) is 116 cm³/mol. The molecule has 2 unspecified atom stereocenters. The summed E-state index contributed by atoms with van der Waals surface area (Å²) in [6, 6.07) is -1.31. The molecule has 0 radical (unpaired) electrons. The summed E-state index contributed by atoms with van der Waals surface area (Å²) in [7, 11) is 2.75. The van der Waals surface area contributed by atoms with Crippen LogP contribution in [0.25, 0.3) is 0 Å². The summed E-state index contributed by atoms with van der Waals surface area (Å²) in [6.45, 7) is 11.7. The van der Waals surface area contributed by atoms with Gasteiger partial charge in [0.05, 0.1) is 0 Å². The predicted octanol–water partition coefficient (Wildman–Crippen LogP) is 1.07. The Kier molecular flexibility index (Phi) is 13.0. The minimum absolute atomic E-state index is 0.195. The zero-order valence-electron chi connectivity index (χ0n) is 17.6. The molecule has 0 bridgehead atoms. The van der Waals surface area contributed by atoms with Crippen molar-refractivity contribution >= 4 is 45.2 Å². The van der Waals surface area contributed by atoms with Crippen molar-refractivity contribution in [1.82, 2.24) is 21.3 Å². The highest BCUT2D eigenvalue weighted by Crippen LogP contribution is 2.24. The molecule has 8 nitrogen and oxygen atoms in total. The zero-order valence-corrected chi connectivity index (χ0v) is 19.3. The van der Waals surface area contributed by atoms with Gasteiger partial charge in [-0.05, 0) is 13.8 Å². The van der Waals surface area contributed by atoms with E-state index in [-0.39, 0.29) is 23.6 Å². The van der Waals surface area contributed by atoms with Crippen LogP contribution in [0.1, 0.15) is 48.0 Å². The third-order valence-corrected chi connectivity index (χ3v) is 5.95. The Morgan fingerprint density at radius 3 is 1.57 bits per heavy atom. The molecule has 28 heavy (non-hydrogen) atoms. The van der Waals surface area contributed by atoms with E-state index in [1.165, 1.54) is 21.6 Å². The van der Waals surface area contributed by atoms with Crippen molar-refractivity contribution in [3.05, 3.63) is 0 Å². The smallest absolute Gasteiger partial charge is 0.243 e. The van der Waals surface area contributed by atoms with Gasteiger partial charge in [0, 0.05) is 36.4 Å². The monoisotopic (exact) mass is 434 g/mol. The van der Waals surface area contributed by atoms with Gasteiger partial charge >= 0.3 is 0 Å². The molecular formula is C18H34N4O4S2. The van der Waals surface area contributed by atoms with Gasteiger partial charge in [-0.1, -0.05) is 49.3 Å². The topological polar surface area (TPSA) is 116 Å². The number of likely N-dealkylation sites (N-methyl/N-ethyl adjacent to an activating group) is 2. The maximum absolute atomic E-state index is 12.2. The van der Waals surface area contributed by atoms with Crippen LogP contribution in [-0.4, -0.2) is 60.3 Å². The van der Waals surface area contributed by atoms with Crippen molar-refractivity contribution in [3.8, 4) is 0 Å². The summed E-state index contributed by atoms with van der Waals surface area (Å²) >= 11 is 0. The molecule has 10 heteroatoms. The maximum Gasteiger partial charge on any atom is 0.243 e. The molecule has 0 spiro atoms. The van der Waals surface area contributed by atoms with E-state index in [1.54, 1.807) is 27.7 Å². The molecule has 0 fully saturated rings. The van der Waals surface area contributed by atoms with Crippen LogP contribution in [-0.2, 0) is 19.2 Å². The molecule has 0 heterocycles. The summed E-state index contributed by atoms with van der Waals surface area (Å²) in [5.41, 5.74) is -0.601. The van der Waals surface area contributed by atoms with Crippen molar-refractivity contribution < 1.29 is 19.2 Å². The van der Waals surface area contributed by atoms with E-state index in [9.17, 15) is 19.2 Å². The summed E-state index contributed by atoms with van der Waals surface area (Å²) in [4.78, 5) is 48.2. The molecule has 4 amide bonds. The van der Waals surface area contributed by atoms with Gasteiger partial charge in [-0.3, -0.25) is 19.2 Å². The Morgan fingerprint density at radius 1 is 0.786 bits per heavy atom. The molecule has 0 saturated carbocycles. The Hall–Kier alpha value is -1.42. The number of carbonyl (C=O) groups is 4. The lowest BCUT2D eigenvalue weighted by Gasteiger charge is -2.23. The van der Waals surface area contributed by atoms with Crippen molar-refractivity contribution in [2.45, 2.75) is 60.0 Å². The van der Waals surface area contributed by atoms with E-state index in [4.69, 9.17) is 0 Å². The third-order valence-electron chi connectivity index (χ3n) is 3.53.